The van der Waals surface area contributed by atoms with Crippen molar-refractivity contribution in [3.8, 4) is 0 Å². The summed E-state index contributed by atoms with van der Waals surface area (Å²) in [4.78, 5) is 11.1. The monoisotopic (exact) mass is 187 g/mol. The molecule has 2 rings (SSSR count). The summed E-state index contributed by atoms with van der Waals surface area (Å²) >= 11 is 0. The number of fused-ring (bicyclic) bond motifs is 1. The van der Waals surface area contributed by atoms with E-state index >= 15 is 0 Å². The standard InChI is InChI=1S/C7H9N3O.ClH/c1-10-7(11)2-5-3-8-4-6(5)9-10;/h2,8H,3-4H2,1H3;1H. The Morgan fingerprint density at radius 3 is 3.08 bits per heavy atom. The van der Waals surface area contributed by atoms with Crippen LogP contribution in [-0.2, 0) is 20.1 Å². The second-order valence-electron chi connectivity index (χ2n) is 2.68. The van der Waals surface area contributed by atoms with Crippen LogP contribution in [0.5, 0.6) is 0 Å². The van der Waals surface area contributed by atoms with E-state index in [9.17, 15) is 4.79 Å². The van der Waals surface area contributed by atoms with Crippen LogP contribution in [-0.4, -0.2) is 9.78 Å². The summed E-state index contributed by atoms with van der Waals surface area (Å²) in [5, 5.41) is 7.22. The Morgan fingerprint density at radius 2 is 2.33 bits per heavy atom. The normalized spacial score (nSPS) is 13.8. The van der Waals surface area contributed by atoms with Gasteiger partial charge in [-0.2, -0.15) is 5.10 Å². The van der Waals surface area contributed by atoms with Crippen molar-refractivity contribution in [2.45, 2.75) is 13.1 Å². The molecule has 5 heteroatoms. The highest BCUT2D eigenvalue weighted by Gasteiger charge is 2.12. The molecule has 0 saturated carbocycles. The first kappa shape index (κ1) is 9.22. The second-order valence-corrected chi connectivity index (χ2v) is 2.68. The number of nitrogens with zero attached hydrogens (tertiary/aromatic N) is 2. The molecule has 0 aliphatic carbocycles. The Morgan fingerprint density at radius 1 is 1.58 bits per heavy atom. The van der Waals surface area contributed by atoms with Crippen molar-refractivity contribution in [2.24, 2.45) is 7.05 Å². The molecule has 0 bridgehead atoms. The van der Waals surface area contributed by atoms with Gasteiger partial charge in [0.25, 0.3) is 5.56 Å². The predicted molar refractivity (Wildman–Crippen MR) is 47.3 cm³/mol. The maximum absolute atomic E-state index is 11.1. The molecule has 0 fully saturated rings. The van der Waals surface area contributed by atoms with Gasteiger partial charge in [-0.25, -0.2) is 4.68 Å². The number of aromatic nitrogens is 2. The second kappa shape index (κ2) is 3.25. The van der Waals surface area contributed by atoms with E-state index in [1.807, 2.05) is 0 Å². The molecule has 0 aromatic carbocycles. The van der Waals surface area contributed by atoms with Gasteiger partial charge in [-0.15, -0.1) is 12.4 Å². The van der Waals surface area contributed by atoms with Crippen LogP contribution >= 0.6 is 12.4 Å². The number of halogens is 1. The van der Waals surface area contributed by atoms with E-state index < -0.39 is 0 Å². The van der Waals surface area contributed by atoms with E-state index in [0.29, 0.717) is 0 Å². The lowest BCUT2D eigenvalue weighted by molar-refractivity contribution is 0.674. The molecule has 0 spiro atoms. The van der Waals surface area contributed by atoms with Crippen molar-refractivity contribution in [1.82, 2.24) is 15.1 Å². The number of hydrogen-bond acceptors (Lipinski definition) is 3. The van der Waals surface area contributed by atoms with Gasteiger partial charge in [0.05, 0.1) is 5.69 Å². The molecule has 1 aliphatic heterocycles. The van der Waals surface area contributed by atoms with Gasteiger partial charge in [0.15, 0.2) is 0 Å². The van der Waals surface area contributed by atoms with E-state index in [2.05, 4.69) is 10.4 Å². The van der Waals surface area contributed by atoms with Crippen LogP contribution in [0.1, 0.15) is 11.3 Å². The Labute approximate surface area is 76.0 Å². The highest BCUT2D eigenvalue weighted by Crippen LogP contribution is 2.07. The average molecular weight is 188 g/mol. The third-order valence-electron chi connectivity index (χ3n) is 1.87. The molecule has 12 heavy (non-hydrogen) atoms. The van der Waals surface area contributed by atoms with E-state index in [0.717, 1.165) is 24.3 Å². The minimum Gasteiger partial charge on any atom is -0.307 e. The molecule has 0 radical (unpaired) electrons. The minimum absolute atomic E-state index is 0. The topological polar surface area (TPSA) is 46.9 Å². The zero-order valence-electron chi connectivity index (χ0n) is 6.70. The lowest BCUT2D eigenvalue weighted by Gasteiger charge is -1.98. The maximum Gasteiger partial charge on any atom is 0.266 e. The number of rotatable bonds is 0. The van der Waals surface area contributed by atoms with Crippen LogP contribution in [0.3, 0.4) is 0 Å². The maximum atomic E-state index is 11.1. The lowest BCUT2D eigenvalue weighted by Crippen LogP contribution is -2.20. The molecule has 1 N–H and O–H groups in total. The van der Waals surface area contributed by atoms with Crippen LogP contribution in [0.15, 0.2) is 10.9 Å². The number of aryl methyl sites for hydroxylation is 1. The van der Waals surface area contributed by atoms with Crippen LogP contribution in [0, 0.1) is 0 Å². The van der Waals surface area contributed by atoms with Crippen LogP contribution < -0.4 is 10.9 Å². The summed E-state index contributed by atoms with van der Waals surface area (Å²) in [6, 6.07) is 1.64. The van der Waals surface area contributed by atoms with Crippen molar-refractivity contribution in [3.63, 3.8) is 0 Å². The largest absolute Gasteiger partial charge is 0.307 e. The van der Waals surface area contributed by atoms with Crippen molar-refractivity contribution >= 4 is 12.4 Å². The SMILES string of the molecule is Cl.Cn1nc2c(cc1=O)CNC2. The van der Waals surface area contributed by atoms with Crippen molar-refractivity contribution in [2.75, 3.05) is 0 Å². The lowest BCUT2D eigenvalue weighted by atomic mass is 10.2. The first-order valence-corrected chi connectivity index (χ1v) is 3.54. The zero-order chi connectivity index (χ0) is 7.84. The van der Waals surface area contributed by atoms with E-state index in [1.165, 1.54) is 4.68 Å². The Hall–Kier alpha value is -0.870. The van der Waals surface area contributed by atoms with Crippen LogP contribution in [0.4, 0.5) is 0 Å². The molecule has 0 saturated heterocycles. The highest BCUT2D eigenvalue weighted by molar-refractivity contribution is 5.85. The van der Waals surface area contributed by atoms with Gasteiger partial charge in [-0.05, 0) is 5.56 Å². The molecule has 0 atom stereocenters. The highest BCUT2D eigenvalue weighted by atomic mass is 35.5. The van der Waals surface area contributed by atoms with Gasteiger partial charge in [-0.3, -0.25) is 4.79 Å². The molecule has 1 aliphatic rings. The predicted octanol–water partition coefficient (Wildman–Crippen LogP) is -0.195. The van der Waals surface area contributed by atoms with E-state index in [-0.39, 0.29) is 18.0 Å². The summed E-state index contributed by atoms with van der Waals surface area (Å²) in [5.41, 5.74) is 1.99. The molecule has 4 nitrogen and oxygen atoms in total. The minimum atomic E-state index is -0.0348. The quantitative estimate of drug-likeness (QED) is 0.612. The first-order valence-electron chi connectivity index (χ1n) is 3.54. The van der Waals surface area contributed by atoms with Gasteiger partial charge in [0.2, 0.25) is 0 Å². The number of hydrogen-bond donors (Lipinski definition) is 1. The summed E-state index contributed by atoms with van der Waals surface area (Å²) < 4.78 is 1.37. The molecule has 0 amide bonds. The van der Waals surface area contributed by atoms with Crippen LogP contribution in [0.25, 0.3) is 0 Å². The van der Waals surface area contributed by atoms with Gasteiger partial charge in [0.1, 0.15) is 0 Å². The Kier molecular flexibility index (Phi) is 2.49. The zero-order valence-corrected chi connectivity index (χ0v) is 7.52. The molecular formula is C7H10ClN3O. The van der Waals surface area contributed by atoms with Gasteiger partial charge < -0.3 is 5.32 Å². The van der Waals surface area contributed by atoms with Crippen molar-refractivity contribution in [1.29, 1.82) is 0 Å². The van der Waals surface area contributed by atoms with Gasteiger partial charge >= 0.3 is 0 Å². The molecule has 0 unspecified atom stereocenters. The van der Waals surface area contributed by atoms with E-state index in [4.69, 9.17) is 0 Å². The molecule has 1 aromatic rings. The first-order chi connectivity index (χ1) is 5.27. The van der Waals surface area contributed by atoms with Crippen molar-refractivity contribution in [3.05, 3.63) is 27.7 Å². The smallest absolute Gasteiger partial charge is 0.266 e. The third kappa shape index (κ3) is 1.35. The summed E-state index contributed by atoms with van der Waals surface area (Å²) in [6.45, 7) is 1.56. The van der Waals surface area contributed by atoms with Gasteiger partial charge in [0, 0.05) is 26.2 Å². The average Bonchev–Trinajstić information content (AvgIpc) is 2.36. The fraction of sp³-hybridized carbons (Fsp3) is 0.429. The summed E-state index contributed by atoms with van der Waals surface area (Å²) in [7, 11) is 1.67. The molecule has 2 heterocycles. The fourth-order valence-electron chi connectivity index (χ4n) is 1.24. The molecule has 66 valence electrons. The number of nitrogens with one attached hydrogen (secondary N) is 1. The third-order valence-corrected chi connectivity index (χ3v) is 1.87. The fourth-order valence-corrected chi connectivity index (χ4v) is 1.24. The van der Waals surface area contributed by atoms with Crippen molar-refractivity contribution < 1.29 is 0 Å². The molecule has 1 aromatic heterocycles. The summed E-state index contributed by atoms with van der Waals surface area (Å²) in [6.07, 6.45) is 0. The van der Waals surface area contributed by atoms with Gasteiger partial charge in [-0.1, -0.05) is 0 Å². The Balaban J connectivity index is 0.000000720. The Bertz CT molecular complexity index is 347. The van der Waals surface area contributed by atoms with Crippen LogP contribution in [0.2, 0.25) is 0 Å². The van der Waals surface area contributed by atoms with E-state index in [1.54, 1.807) is 13.1 Å². The molecular weight excluding hydrogens is 178 g/mol. The summed E-state index contributed by atoms with van der Waals surface area (Å²) in [5.74, 6) is 0.